The van der Waals surface area contributed by atoms with Crippen LogP contribution in [0, 0.1) is 0 Å². The maximum Gasteiger partial charge on any atom is 0.238 e. The second-order valence-electron chi connectivity index (χ2n) is 6.37. The molecule has 0 saturated carbocycles. The number of rotatable bonds is 5. The van der Waals surface area contributed by atoms with E-state index in [2.05, 4.69) is 16.3 Å². The lowest BCUT2D eigenvalue weighted by molar-refractivity contribution is -0.117. The molecule has 1 unspecified atom stereocenters. The van der Waals surface area contributed by atoms with Crippen molar-refractivity contribution in [3.05, 3.63) is 64.7 Å². The SMILES string of the molecule is CC(=O)c1cccc(NC(=O)CN2CCCC2c2cccc(Cl)c2)c1. The van der Waals surface area contributed by atoms with Gasteiger partial charge < -0.3 is 5.32 Å². The van der Waals surface area contributed by atoms with Gasteiger partial charge in [-0.05, 0) is 56.1 Å². The average molecular weight is 357 g/mol. The van der Waals surface area contributed by atoms with Gasteiger partial charge in [-0.25, -0.2) is 0 Å². The Labute approximate surface area is 152 Å². The molecule has 1 aliphatic rings. The van der Waals surface area contributed by atoms with Crippen LogP contribution in [-0.2, 0) is 4.79 Å². The number of nitrogens with one attached hydrogen (secondary N) is 1. The number of hydrogen-bond acceptors (Lipinski definition) is 3. The van der Waals surface area contributed by atoms with E-state index in [-0.39, 0.29) is 17.7 Å². The molecule has 130 valence electrons. The van der Waals surface area contributed by atoms with Gasteiger partial charge in [0.2, 0.25) is 5.91 Å². The van der Waals surface area contributed by atoms with Crippen LogP contribution >= 0.6 is 11.6 Å². The van der Waals surface area contributed by atoms with Crippen LogP contribution in [0.3, 0.4) is 0 Å². The molecule has 1 heterocycles. The van der Waals surface area contributed by atoms with E-state index in [1.807, 2.05) is 18.2 Å². The van der Waals surface area contributed by atoms with Crippen molar-refractivity contribution in [2.45, 2.75) is 25.8 Å². The van der Waals surface area contributed by atoms with E-state index in [4.69, 9.17) is 11.6 Å². The van der Waals surface area contributed by atoms with Gasteiger partial charge in [-0.3, -0.25) is 14.5 Å². The standard InChI is InChI=1S/C20H21ClN2O2/c1-14(24)15-5-3-8-18(12-15)22-20(25)13-23-10-4-9-19(23)16-6-2-7-17(21)11-16/h2-3,5-8,11-12,19H,4,9-10,13H2,1H3,(H,22,25). The molecular formula is C20H21ClN2O2. The maximum atomic E-state index is 12.4. The van der Waals surface area contributed by atoms with E-state index < -0.39 is 0 Å². The van der Waals surface area contributed by atoms with Crippen molar-refractivity contribution in [1.29, 1.82) is 0 Å². The van der Waals surface area contributed by atoms with Gasteiger partial charge in [0, 0.05) is 22.3 Å². The van der Waals surface area contributed by atoms with Crippen molar-refractivity contribution in [3.63, 3.8) is 0 Å². The van der Waals surface area contributed by atoms with Crippen molar-refractivity contribution in [2.75, 3.05) is 18.4 Å². The number of nitrogens with zero attached hydrogens (tertiary/aromatic N) is 1. The number of anilines is 1. The number of halogens is 1. The highest BCUT2D eigenvalue weighted by Gasteiger charge is 2.27. The Kier molecular flexibility index (Phi) is 5.51. The zero-order chi connectivity index (χ0) is 17.8. The molecule has 0 spiro atoms. The summed E-state index contributed by atoms with van der Waals surface area (Å²) in [6, 6.07) is 15.1. The van der Waals surface area contributed by atoms with Gasteiger partial charge in [0.15, 0.2) is 5.78 Å². The summed E-state index contributed by atoms with van der Waals surface area (Å²) in [6.45, 7) is 2.72. The van der Waals surface area contributed by atoms with Gasteiger partial charge in [-0.2, -0.15) is 0 Å². The molecule has 1 fully saturated rings. The Bertz CT molecular complexity index is 791. The molecular weight excluding hydrogens is 336 g/mol. The molecule has 1 saturated heterocycles. The van der Waals surface area contributed by atoms with E-state index in [1.54, 1.807) is 24.3 Å². The Morgan fingerprint density at radius 1 is 1.20 bits per heavy atom. The molecule has 5 heteroatoms. The fourth-order valence-electron chi connectivity index (χ4n) is 3.31. The van der Waals surface area contributed by atoms with E-state index >= 15 is 0 Å². The van der Waals surface area contributed by atoms with Gasteiger partial charge >= 0.3 is 0 Å². The summed E-state index contributed by atoms with van der Waals surface area (Å²) in [5.41, 5.74) is 2.39. The number of carbonyl (C=O) groups is 2. The number of Topliss-reactive ketones (excluding diaryl/α,β-unsaturated/α-hetero) is 1. The van der Waals surface area contributed by atoms with Crippen LogP contribution in [0.1, 0.15) is 41.7 Å². The van der Waals surface area contributed by atoms with Crippen LogP contribution in [0.2, 0.25) is 5.02 Å². The predicted molar refractivity (Wildman–Crippen MR) is 100 cm³/mol. The number of carbonyl (C=O) groups excluding carboxylic acids is 2. The molecule has 1 N–H and O–H groups in total. The first kappa shape index (κ1) is 17.6. The highest BCUT2D eigenvalue weighted by atomic mass is 35.5. The Hall–Kier alpha value is -2.17. The van der Waals surface area contributed by atoms with Gasteiger partial charge in [-0.1, -0.05) is 35.9 Å². The lowest BCUT2D eigenvalue weighted by atomic mass is 10.0. The molecule has 3 rings (SSSR count). The first-order chi connectivity index (χ1) is 12.0. The third kappa shape index (κ3) is 4.47. The maximum absolute atomic E-state index is 12.4. The third-order valence-corrected chi connectivity index (χ3v) is 4.73. The Morgan fingerprint density at radius 3 is 2.76 bits per heavy atom. The first-order valence-corrected chi connectivity index (χ1v) is 8.81. The molecule has 0 bridgehead atoms. The topological polar surface area (TPSA) is 49.4 Å². The van der Waals surface area contributed by atoms with Gasteiger partial charge in [0.05, 0.1) is 6.54 Å². The molecule has 25 heavy (non-hydrogen) atoms. The van der Waals surface area contributed by atoms with Crippen LogP contribution in [0.15, 0.2) is 48.5 Å². The van der Waals surface area contributed by atoms with Crippen LogP contribution in [0.4, 0.5) is 5.69 Å². The summed E-state index contributed by atoms with van der Waals surface area (Å²) in [7, 11) is 0. The molecule has 0 aromatic heterocycles. The van der Waals surface area contributed by atoms with Crippen molar-refractivity contribution in [1.82, 2.24) is 4.90 Å². The van der Waals surface area contributed by atoms with Crippen molar-refractivity contribution in [3.8, 4) is 0 Å². The molecule has 0 aliphatic carbocycles. The van der Waals surface area contributed by atoms with Gasteiger partial charge in [0.1, 0.15) is 0 Å². The Morgan fingerprint density at radius 2 is 2.00 bits per heavy atom. The largest absolute Gasteiger partial charge is 0.325 e. The van der Waals surface area contributed by atoms with Crippen LogP contribution in [0.25, 0.3) is 0 Å². The molecule has 1 aliphatic heterocycles. The smallest absolute Gasteiger partial charge is 0.238 e. The van der Waals surface area contributed by atoms with Gasteiger partial charge in [-0.15, -0.1) is 0 Å². The lowest BCUT2D eigenvalue weighted by Crippen LogP contribution is -2.33. The summed E-state index contributed by atoms with van der Waals surface area (Å²) < 4.78 is 0. The van der Waals surface area contributed by atoms with Crippen molar-refractivity contribution in [2.24, 2.45) is 0 Å². The predicted octanol–water partition coefficient (Wildman–Crippen LogP) is 4.32. The summed E-state index contributed by atoms with van der Waals surface area (Å²) in [5, 5.41) is 3.61. The quantitative estimate of drug-likeness (QED) is 0.812. The van der Waals surface area contributed by atoms with Crippen LogP contribution in [-0.4, -0.2) is 29.7 Å². The minimum Gasteiger partial charge on any atom is -0.325 e. The number of hydrogen-bond donors (Lipinski definition) is 1. The minimum atomic E-state index is -0.0744. The minimum absolute atomic E-state index is 0.0170. The second-order valence-corrected chi connectivity index (χ2v) is 6.81. The summed E-state index contributed by atoms with van der Waals surface area (Å²) in [6.07, 6.45) is 2.08. The monoisotopic (exact) mass is 356 g/mol. The van der Waals surface area contributed by atoms with E-state index in [0.29, 0.717) is 17.8 Å². The first-order valence-electron chi connectivity index (χ1n) is 8.43. The average Bonchev–Trinajstić information content (AvgIpc) is 3.03. The zero-order valence-corrected chi connectivity index (χ0v) is 14.9. The normalized spacial score (nSPS) is 17.4. The number of benzene rings is 2. The molecule has 2 aromatic carbocycles. The van der Waals surface area contributed by atoms with Crippen LogP contribution in [0.5, 0.6) is 0 Å². The summed E-state index contributed by atoms with van der Waals surface area (Å²) in [5.74, 6) is -0.0914. The zero-order valence-electron chi connectivity index (χ0n) is 14.2. The highest BCUT2D eigenvalue weighted by molar-refractivity contribution is 6.30. The Balaban J connectivity index is 1.66. The van der Waals surface area contributed by atoms with E-state index in [1.165, 1.54) is 6.92 Å². The number of amides is 1. The molecule has 1 atom stereocenters. The second kappa shape index (κ2) is 7.81. The van der Waals surface area contributed by atoms with E-state index in [9.17, 15) is 9.59 Å². The number of likely N-dealkylation sites (tertiary alicyclic amines) is 1. The van der Waals surface area contributed by atoms with Crippen molar-refractivity contribution >= 4 is 29.0 Å². The fourth-order valence-corrected chi connectivity index (χ4v) is 3.51. The highest BCUT2D eigenvalue weighted by Crippen LogP contribution is 2.32. The summed E-state index contributed by atoms with van der Waals surface area (Å²) in [4.78, 5) is 26.1. The molecule has 0 radical (unpaired) electrons. The summed E-state index contributed by atoms with van der Waals surface area (Å²) >= 11 is 6.10. The molecule has 1 amide bonds. The van der Waals surface area contributed by atoms with Crippen LogP contribution < -0.4 is 5.32 Å². The molecule has 2 aromatic rings. The fraction of sp³-hybridized carbons (Fsp3) is 0.300. The third-order valence-electron chi connectivity index (χ3n) is 4.50. The lowest BCUT2D eigenvalue weighted by Gasteiger charge is -2.24. The number of ketones is 1. The van der Waals surface area contributed by atoms with Gasteiger partial charge in [0.25, 0.3) is 0 Å². The van der Waals surface area contributed by atoms with Crippen molar-refractivity contribution < 1.29 is 9.59 Å². The molecule has 4 nitrogen and oxygen atoms in total. The van der Waals surface area contributed by atoms with E-state index in [0.717, 1.165) is 30.0 Å².